The molecule has 0 bridgehead atoms. The van der Waals surface area contributed by atoms with Crippen molar-refractivity contribution in [3.63, 3.8) is 0 Å². The molecule has 0 saturated heterocycles. The van der Waals surface area contributed by atoms with E-state index in [1.165, 1.54) is 67.2 Å². The fraction of sp³-hybridized carbons (Fsp3) is 0.459. The van der Waals surface area contributed by atoms with Crippen LogP contribution in [-0.2, 0) is 19.3 Å². The molecule has 0 N–H and O–H groups in total. The van der Waals surface area contributed by atoms with Gasteiger partial charge in [-0.15, -0.1) is 0 Å². The summed E-state index contributed by atoms with van der Waals surface area (Å²) in [4.78, 5) is 18.3. The Hall–Kier alpha value is -3.20. The van der Waals surface area contributed by atoms with E-state index in [-0.39, 0.29) is 11.6 Å². The molecule has 1 saturated carbocycles. The maximum Gasteiger partial charge on any atom is 0.251 e. The Bertz CT molecular complexity index is 1520. The molecule has 2 heterocycles. The van der Waals surface area contributed by atoms with Crippen LogP contribution in [0.15, 0.2) is 71.7 Å². The molecule has 2 aromatic carbocycles. The molecular weight excluding hydrogens is 488 g/mol. The molecule has 3 unspecified atom stereocenters. The quantitative estimate of drug-likeness (QED) is 0.257. The van der Waals surface area contributed by atoms with Crippen molar-refractivity contribution >= 4 is 10.9 Å². The summed E-state index contributed by atoms with van der Waals surface area (Å²) >= 11 is 0. The van der Waals surface area contributed by atoms with Crippen LogP contribution >= 0.6 is 0 Å². The van der Waals surface area contributed by atoms with Crippen molar-refractivity contribution in [3.8, 4) is 0 Å². The Morgan fingerprint density at radius 2 is 1.60 bits per heavy atom. The topological polar surface area (TPSA) is 34.9 Å². The molecule has 0 radical (unpaired) electrons. The fourth-order valence-corrected chi connectivity index (χ4v) is 7.45. The number of aryl methyl sites for hydroxylation is 4. The van der Waals surface area contributed by atoms with E-state index in [0.717, 1.165) is 60.2 Å². The van der Waals surface area contributed by atoms with E-state index in [9.17, 15) is 4.79 Å². The highest BCUT2D eigenvalue weighted by Crippen LogP contribution is 2.35. The highest BCUT2D eigenvalue weighted by atomic mass is 16.1. The number of fused-ring (bicyclic) bond motifs is 2. The Balaban J connectivity index is 1.23. The third-order valence-electron chi connectivity index (χ3n) is 9.80. The average molecular weight is 533 g/mol. The van der Waals surface area contributed by atoms with Gasteiger partial charge in [0.15, 0.2) is 0 Å². The van der Waals surface area contributed by atoms with Crippen molar-refractivity contribution in [2.45, 2.75) is 103 Å². The van der Waals surface area contributed by atoms with E-state index in [0.29, 0.717) is 5.92 Å². The zero-order chi connectivity index (χ0) is 27.5. The molecule has 2 aliphatic carbocycles. The van der Waals surface area contributed by atoms with Crippen LogP contribution in [0.3, 0.4) is 0 Å². The summed E-state index contributed by atoms with van der Waals surface area (Å²) in [6.45, 7) is 4.59. The number of hydrogen-bond acceptors (Lipinski definition) is 2. The van der Waals surface area contributed by atoms with Crippen LogP contribution in [0.5, 0.6) is 0 Å². The zero-order valence-corrected chi connectivity index (χ0v) is 24.4. The Morgan fingerprint density at radius 1 is 0.825 bits per heavy atom. The number of hydrogen-bond donors (Lipinski definition) is 0. The molecule has 1 fully saturated rings. The number of aromatic nitrogens is 2. The fourth-order valence-electron chi connectivity index (χ4n) is 7.45. The number of rotatable bonds is 5. The van der Waals surface area contributed by atoms with Crippen molar-refractivity contribution < 1.29 is 0 Å². The number of benzene rings is 2. The first-order chi connectivity index (χ1) is 19.6. The normalized spacial score (nSPS) is 21.8. The van der Waals surface area contributed by atoms with Crippen LogP contribution in [0.2, 0.25) is 0 Å². The van der Waals surface area contributed by atoms with Crippen molar-refractivity contribution in [1.82, 2.24) is 9.55 Å². The van der Waals surface area contributed by atoms with Crippen LogP contribution in [0.25, 0.3) is 10.9 Å². The second-order valence-electron chi connectivity index (χ2n) is 12.5. The predicted molar refractivity (Wildman–Crippen MR) is 166 cm³/mol. The lowest BCUT2D eigenvalue weighted by Crippen LogP contribution is -2.28. The summed E-state index contributed by atoms with van der Waals surface area (Å²) in [5, 5.41) is 1.05. The first-order valence-electron chi connectivity index (χ1n) is 15.7. The van der Waals surface area contributed by atoms with Gasteiger partial charge in [0, 0.05) is 23.3 Å². The molecule has 3 heteroatoms. The van der Waals surface area contributed by atoms with Gasteiger partial charge < -0.3 is 4.57 Å². The molecule has 4 aromatic rings. The van der Waals surface area contributed by atoms with E-state index >= 15 is 0 Å². The van der Waals surface area contributed by atoms with Gasteiger partial charge >= 0.3 is 0 Å². The lowest BCUT2D eigenvalue weighted by molar-refractivity contribution is 0.462. The summed E-state index contributed by atoms with van der Waals surface area (Å²) in [5.41, 5.74) is 8.97. The van der Waals surface area contributed by atoms with Crippen LogP contribution in [0, 0.1) is 12.8 Å². The minimum Gasteiger partial charge on any atom is -0.300 e. The van der Waals surface area contributed by atoms with Gasteiger partial charge in [-0.25, -0.2) is 0 Å². The Labute approximate surface area is 239 Å². The van der Waals surface area contributed by atoms with Crippen molar-refractivity contribution in [1.29, 1.82) is 0 Å². The largest absolute Gasteiger partial charge is 0.300 e. The lowest BCUT2D eigenvalue weighted by atomic mass is 9.87. The van der Waals surface area contributed by atoms with E-state index in [1.54, 1.807) is 6.07 Å². The first-order valence-corrected chi connectivity index (χ1v) is 15.7. The van der Waals surface area contributed by atoms with Crippen LogP contribution < -0.4 is 5.56 Å². The summed E-state index contributed by atoms with van der Waals surface area (Å²) in [6.07, 6.45) is 16.6. The predicted octanol–water partition coefficient (Wildman–Crippen LogP) is 8.88. The highest BCUT2D eigenvalue weighted by molar-refractivity contribution is 5.82. The SMILES string of the molecule is Cc1c(CCc2ccc(C3CCCCC(C)CCC3)cc2)ncc2ccc(=O)n(C3CCCc4ccccc43)c12. The molecule has 2 aromatic heterocycles. The second kappa shape index (κ2) is 12.1. The van der Waals surface area contributed by atoms with Crippen molar-refractivity contribution in [3.05, 3.63) is 111 Å². The van der Waals surface area contributed by atoms with Gasteiger partial charge in [0.2, 0.25) is 0 Å². The monoisotopic (exact) mass is 532 g/mol. The summed E-state index contributed by atoms with van der Waals surface area (Å²) in [5.74, 6) is 1.60. The van der Waals surface area contributed by atoms with Gasteiger partial charge in [-0.1, -0.05) is 87.6 Å². The molecule has 2 aliphatic rings. The maximum absolute atomic E-state index is 13.4. The summed E-state index contributed by atoms with van der Waals surface area (Å²) in [7, 11) is 0. The van der Waals surface area contributed by atoms with Gasteiger partial charge in [-0.2, -0.15) is 0 Å². The third-order valence-corrected chi connectivity index (χ3v) is 9.80. The minimum atomic E-state index is 0.0865. The van der Waals surface area contributed by atoms with Crippen molar-refractivity contribution in [2.24, 2.45) is 5.92 Å². The molecule has 6 rings (SSSR count). The van der Waals surface area contributed by atoms with Gasteiger partial charge in [0.05, 0.1) is 11.6 Å². The Kier molecular flexibility index (Phi) is 8.18. The molecule has 40 heavy (non-hydrogen) atoms. The second-order valence-corrected chi connectivity index (χ2v) is 12.5. The molecule has 0 aliphatic heterocycles. The lowest BCUT2D eigenvalue weighted by Gasteiger charge is -2.29. The summed E-state index contributed by atoms with van der Waals surface area (Å²) < 4.78 is 2.07. The molecule has 3 nitrogen and oxygen atoms in total. The number of pyridine rings is 2. The molecule has 3 atom stereocenters. The van der Waals surface area contributed by atoms with Gasteiger partial charge in [-0.3, -0.25) is 9.78 Å². The summed E-state index contributed by atoms with van der Waals surface area (Å²) in [6, 6.07) is 21.9. The molecule has 208 valence electrons. The van der Waals surface area contributed by atoms with E-state index in [1.807, 2.05) is 12.3 Å². The van der Waals surface area contributed by atoms with Crippen LogP contribution in [0.1, 0.15) is 110 Å². The van der Waals surface area contributed by atoms with Gasteiger partial charge in [-0.05, 0) is 97.6 Å². The van der Waals surface area contributed by atoms with Crippen molar-refractivity contribution in [2.75, 3.05) is 0 Å². The minimum absolute atomic E-state index is 0.0865. The van der Waals surface area contributed by atoms with Crippen LogP contribution in [0.4, 0.5) is 0 Å². The maximum atomic E-state index is 13.4. The van der Waals surface area contributed by atoms with E-state index < -0.39 is 0 Å². The van der Waals surface area contributed by atoms with Gasteiger partial charge in [0.25, 0.3) is 5.56 Å². The van der Waals surface area contributed by atoms with Gasteiger partial charge in [0.1, 0.15) is 0 Å². The standard InChI is InChI=1S/C37H44N2O/c1-26-9-3-4-11-29(13-7-10-26)30-20-17-28(18-21-30)19-23-34-27(2)37-32(25-38-34)22-24-36(40)39(37)35-16-8-14-31-12-5-6-15-33(31)35/h5-6,12,15,17-18,20-22,24-26,29,35H,3-4,7-11,13-14,16,19,23H2,1-2H3. The molecular formula is C37H44N2O. The third kappa shape index (κ3) is 5.66. The smallest absolute Gasteiger partial charge is 0.251 e. The molecule has 0 spiro atoms. The van der Waals surface area contributed by atoms with E-state index in [2.05, 4.69) is 66.9 Å². The zero-order valence-electron chi connectivity index (χ0n) is 24.4. The first kappa shape index (κ1) is 27.0. The van der Waals surface area contributed by atoms with E-state index in [4.69, 9.17) is 4.98 Å². The Morgan fingerprint density at radius 3 is 2.48 bits per heavy atom. The molecule has 0 amide bonds. The number of nitrogens with zero attached hydrogens (tertiary/aromatic N) is 2. The highest BCUT2D eigenvalue weighted by Gasteiger charge is 2.24. The average Bonchev–Trinajstić information content (AvgIpc) is 3.09. The van der Waals surface area contributed by atoms with Crippen LogP contribution in [-0.4, -0.2) is 9.55 Å².